The molecular weight excluding hydrogens is 222 g/mol. The summed E-state index contributed by atoms with van der Waals surface area (Å²) >= 11 is 5.76. The molecule has 0 aliphatic carbocycles. The summed E-state index contributed by atoms with van der Waals surface area (Å²) in [6, 6.07) is 4.01. The van der Waals surface area contributed by atoms with Gasteiger partial charge in [0.15, 0.2) is 0 Å². The highest BCUT2D eigenvalue weighted by Gasteiger charge is 2.21. The quantitative estimate of drug-likeness (QED) is 0.727. The number of hydrogen-bond donors (Lipinski definition) is 0. The van der Waals surface area contributed by atoms with Crippen LogP contribution in [0.15, 0.2) is 16.9 Å². The van der Waals surface area contributed by atoms with Crippen molar-refractivity contribution in [1.82, 2.24) is 4.57 Å². The molecule has 0 unspecified atom stereocenters. The van der Waals surface area contributed by atoms with Crippen LogP contribution in [-0.2, 0) is 11.3 Å². The minimum atomic E-state index is -0.0335. The van der Waals surface area contributed by atoms with Gasteiger partial charge in [0.2, 0.25) is 0 Å². The summed E-state index contributed by atoms with van der Waals surface area (Å²) in [5.74, 6) is 0.274. The molecule has 0 spiro atoms. The summed E-state index contributed by atoms with van der Waals surface area (Å²) in [6.45, 7) is 10.4. The molecule has 0 fully saturated rings. The molecule has 0 aromatic carbocycles. The number of rotatable bonds is 2. The normalized spacial score (nSPS) is 12.2. The molecule has 1 heterocycles. The second-order valence-electron chi connectivity index (χ2n) is 5.40. The Kier molecular flexibility index (Phi) is 3.84. The van der Waals surface area contributed by atoms with Gasteiger partial charge in [-0.3, -0.25) is 4.79 Å². The molecular formula is C13H20ClNO. The lowest BCUT2D eigenvalue weighted by atomic mass is 9.90. The van der Waals surface area contributed by atoms with E-state index >= 15 is 0 Å². The van der Waals surface area contributed by atoms with Crippen molar-refractivity contribution in [2.75, 3.05) is 0 Å². The van der Waals surface area contributed by atoms with Crippen LogP contribution in [0.1, 0.15) is 51.9 Å². The largest absolute Gasteiger partial charge is 0.309 e. The second-order valence-corrected chi connectivity index (χ2v) is 5.66. The first-order valence-electron chi connectivity index (χ1n) is 5.60. The van der Waals surface area contributed by atoms with Crippen LogP contribution in [0, 0.1) is 0 Å². The van der Waals surface area contributed by atoms with Crippen molar-refractivity contribution < 1.29 is 0 Å². The van der Waals surface area contributed by atoms with Gasteiger partial charge in [0, 0.05) is 22.7 Å². The van der Waals surface area contributed by atoms with Crippen molar-refractivity contribution in [3.05, 3.63) is 33.7 Å². The van der Waals surface area contributed by atoms with Gasteiger partial charge in [-0.2, -0.15) is 0 Å². The second kappa shape index (κ2) is 4.62. The molecule has 0 radical (unpaired) electrons. The maximum absolute atomic E-state index is 12.2. The van der Waals surface area contributed by atoms with Crippen LogP contribution in [0.3, 0.4) is 0 Å². The van der Waals surface area contributed by atoms with E-state index in [2.05, 4.69) is 20.8 Å². The first-order valence-corrected chi connectivity index (χ1v) is 6.13. The predicted molar refractivity (Wildman–Crippen MR) is 69.3 cm³/mol. The van der Waals surface area contributed by atoms with E-state index in [0.717, 1.165) is 5.69 Å². The van der Waals surface area contributed by atoms with Gasteiger partial charge in [-0.05, 0) is 19.9 Å². The maximum Gasteiger partial charge on any atom is 0.255 e. The van der Waals surface area contributed by atoms with Crippen LogP contribution in [0.2, 0.25) is 0 Å². The number of nitrogens with zero attached hydrogens (tertiary/aromatic N) is 1. The highest BCUT2D eigenvalue weighted by Crippen LogP contribution is 2.23. The average molecular weight is 242 g/mol. The molecule has 0 N–H and O–H groups in total. The fourth-order valence-corrected chi connectivity index (χ4v) is 2.02. The zero-order valence-electron chi connectivity index (χ0n) is 10.7. The molecule has 0 aliphatic rings. The van der Waals surface area contributed by atoms with E-state index in [1.54, 1.807) is 0 Å². The van der Waals surface area contributed by atoms with Gasteiger partial charge in [0.25, 0.3) is 5.56 Å². The minimum absolute atomic E-state index is 0.0335. The fourth-order valence-electron chi connectivity index (χ4n) is 1.82. The lowest BCUT2D eigenvalue weighted by molar-refractivity contribution is 0.465. The predicted octanol–water partition coefficient (Wildman–Crippen LogP) is 3.47. The van der Waals surface area contributed by atoms with E-state index < -0.39 is 0 Å². The van der Waals surface area contributed by atoms with Gasteiger partial charge in [0.05, 0.1) is 5.88 Å². The van der Waals surface area contributed by atoms with Crippen LogP contribution in [0.5, 0.6) is 0 Å². The summed E-state index contributed by atoms with van der Waals surface area (Å²) in [7, 11) is 0. The highest BCUT2D eigenvalue weighted by molar-refractivity contribution is 6.17. The van der Waals surface area contributed by atoms with E-state index in [0.29, 0.717) is 5.56 Å². The molecule has 0 aliphatic heterocycles. The van der Waals surface area contributed by atoms with Gasteiger partial charge in [-0.15, -0.1) is 11.6 Å². The third-order valence-electron chi connectivity index (χ3n) is 2.62. The Bertz CT molecular complexity index is 427. The van der Waals surface area contributed by atoms with Crippen molar-refractivity contribution in [3.8, 4) is 0 Å². The van der Waals surface area contributed by atoms with Crippen molar-refractivity contribution in [1.29, 1.82) is 0 Å². The summed E-state index contributed by atoms with van der Waals surface area (Å²) < 4.78 is 1.84. The Morgan fingerprint density at radius 2 is 1.88 bits per heavy atom. The van der Waals surface area contributed by atoms with Crippen molar-refractivity contribution in [3.63, 3.8) is 0 Å². The average Bonchev–Trinajstić information content (AvgIpc) is 2.15. The lowest BCUT2D eigenvalue weighted by Gasteiger charge is -2.26. The maximum atomic E-state index is 12.2. The number of alkyl halides is 1. The SMILES string of the molecule is CC(C)n1c(C(C)(C)C)ccc(CCl)c1=O. The van der Waals surface area contributed by atoms with E-state index in [1.807, 2.05) is 30.5 Å². The Morgan fingerprint density at radius 3 is 2.25 bits per heavy atom. The summed E-state index contributed by atoms with van der Waals surface area (Å²) in [6.07, 6.45) is 0. The smallest absolute Gasteiger partial charge is 0.255 e. The molecule has 0 saturated carbocycles. The number of pyridine rings is 1. The molecule has 16 heavy (non-hydrogen) atoms. The Morgan fingerprint density at radius 1 is 1.31 bits per heavy atom. The molecule has 90 valence electrons. The van der Waals surface area contributed by atoms with Gasteiger partial charge in [0.1, 0.15) is 0 Å². The van der Waals surface area contributed by atoms with Crippen LogP contribution >= 0.6 is 11.6 Å². The Balaban J connectivity index is 3.54. The zero-order valence-corrected chi connectivity index (χ0v) is 11.4. The number of hydrogen-bond acceptors (Lipinski definition) is 1. The first-order chi connectivity index (χ1) is 7.29. The van der Waals surface area contributed by atoms with E-state index in [4.69, 9.17) is 11.6 Å². The van der Waals surface area contributed by atoms with Crippen LogP contribution in [-0.4, -0.2) is 4.57 Å². The minimum Gasteiger partial charge on any atom is -0.309 e. The lowest BCUT2D eigenvalue weighted by Crippen LogP contribution is -2.32. The van der Waals surface area contributed by atoms with E-state index in [-0.39, 0.29) is 22.9 Å². The number of aromatic nitrogens is 1. The molecule has 0 saturated heterocycles. The van der Waals surface area contributed by atoms with Crippen LogP contribution in [0.4, 0.5) is 0 Å². The third-order valence-corrected chi connectivity index (χ3v) is 2.91. The first kappa shape index (κ1) is 13.3. The molecule has 0 atom stereocenters. The zero-order chi connectivity index (χ0) is 12.5. The molecule has 0 bridgehead atoms. The fraction of sp³-hybridized carbons (Fsp3) is 0.615. The number of halogens is 1. The molecule has 1 rings (SSSR count). The Labute approximate surface area is 102 Å². The van der Waals surface area contributed by atoms with Gasteiger partial charge >= 0.3 is 0 Å². The van der Waals surface area contributed by atoms with Gasteiger partial charge in [-0.25, -0.2) is 0 Å². The topological polar surface area (TPSA) is 22.0 Å². The van der Waals surface area contributed by atoms with E-state index in [1.165, 1.54) is 0 Å². The molecule has 1 aromatic rings. The molecule has 1 aromatic heterocycles. The van der Waals surface area contributed by atoms with Crippen LogP contribution < -0.4 is 5.56 Å². The summed E-state index contributed by atoms with van der Waals surface area (Å²) in [4.78, 5) is 12.2. The Hall–Kier alpha value is -0.760. The van der Waals surface area contributed by atoms with Crippen molar-refractivity contribution >= 4 is 11.6 Å². The van der Waals surface area contributed by atoms with E-state index in [9.17, 15) is 4.79 Å². The molecule has 3 heteroatoms. The van der Waals surface area contributed by atoms with Gasteiger partial charge < -0.3 is 4.57 Å². The summed E-state index contributed by atoms with van der Waals surface area (Å²) in [5, 5.41) is 0. The summed E-state index contributed by atoms with van der Waals surface area (Å²) in [5.41, 5.74) is 1.73. The van der Waals surface area contributed by atoms with Crippen LogP contribution in [0.25, 0.3) is 0 Å². The monoisotopic (exact) mass is 241 g/mol. The molecule has 2 nitrogen and oxygen atoms in total. The third kappa shape index (κ3) is 2.49. The highest BCUT2D eigenvalue weighted by atomic mass is 35.5. The molecule has 0 amide bonds. The van der Waals surface area contributed by atoms with Gasteiger partial charge in [-0.1, -0.05) is 26.8 Å². The standard InChI is InChI=1S/C13H20ClNO/c1-9(2)15-11(13(3,4)5)7-6-10(8-14)12(15)16/h6-7,9H,8H2,1-5H3. The van der Waals surface area contributed by atoms with Crippen molar-refractivity contribution in [2.45, 2.75) is 52.0 Å². The van der Waals surface area contributed by atoms with Crippen molar-refractivity contribution in [2.24, 2.45) is 0 Å².